The van der Waals surface area contributed by atoms with Crippen LogP contribution >= 0.6 is 0 Å². The maximum Gasteiger partial charge on any atom is 0.338 e. The number of hydrogen-bond acceptors (Lipinski definition) is 5. The standard InChI is InChI=1S/C22H21N3O4/c1-13-5-7-16(10-14(13)2)23-20(26)12-29-22(28)15-6-8-17-18(11-15)24-19-4-3-9-25(19)21(17)27/h5-8,10-11H,3-4,9,12H2,1-2H3,(H,23,26). The molecule has 0 spiro atoms. The number of ether oxygens (including phenoxy) is 1. The predicted molar refractivity (Wildman–Crippen MR) is 109 cm³/mol. The van der Waals surface area contributed by atoms with Crippen LogP contribution in [0, 0.1) is 13.8 Å². The van der Waals surface area contributed by atoms with Gasteiger partial charge in [0.1, 0.15) is 5.82 Å². The lowest BCUT2D eigenvalue weighted by Gasteiger charge is -2.09. The fourth-order valence-corrected chi connectivity index (χ4v) is 3.44. The highest BCUT2D eigenvalue weighted by Crippen LogP contribution is 2.17. The topological polar surface area (TPSA) is 90.3 Å². The number of fused-ring (bicyclic) bond motifs is 2. The lowest BCUT2D eigenvalue weighted by Crippen LogP contribution is -2.22. The summed E-state index contributed by atoms with van der Waals surface area (Å²) in [6, 6.07) is 10.2. The largest absolute Gasteiger partial charge is 0.452 e. The van der Waals surface area contributed by atoms with Gasteiger partial charge in [0.25, 0.3) is 11.5 Å². The molecule has 1 aliphatic rings. The molecule has 0 bridgehead atoms. The monoisotopic (exact) mass is 391 g/mol. The Morgan fingerprint density at radius 2 is 1.97 bits per heavy atom. The van der Waals surface area contributed by atoms with E-state index in [1.807, 2.05) is 26.0 Å². The van der Waals surface area contributed by atoms with Crippen molar-refractivity contribution in [2.24, 2.45) is 0 Å². The van der Waals surface area contributed by atoms with Gasteiger partial charge in [0.05, 0.1) is 16.5 Å². The molecule has 2 heterocycles. The molecule has 7 heteroatoms. The van der Waals surface area contributed by atoms with Gasteiger partial charge in [0.2, 0.25) is 0 Å². The van der Waals surface area contributed by atoms with Crippen LogP contribution in [0.5, 0.6) is 0 Å². The van der Waals surface area contributed by atoms with Gasteiger partial charge in [-0.2, -0.15) is 0 Å². The van der Waals surface area contributed by atoms with E-state index < -0.39 is 18.5 Å². The molecule has 148 valence electrons. The van der Waals surface area contributed by atoms with Gasteiger partial charge >= 0.3 is 5.97 Å². The molecule has 0 aliphatic carbocycles. The number of carbonyl (C=O) groups is 2. The molecule has 3 aromatic rings. The van der Waals surface area contributed by atoms with Gasteiger partial charge in [0, 0.05) is 18.7 Å². The van der Waals surface area contributed by atoms with E-state index in [4.69, 9.17) is 4.74 Å². The number of aryl methyl sites for hydroxylation is 3. The van der Waals surface area contributed by atoms with Crippen LogP contribution in [0.2, 0.25) is 0 Å². The average molecular weight is 391 g/mol. The van der Waals surface area contributed by atoms with Gasteiger partial charge in [-0.05, 0) is 61.7 Å². The third-order valence-electron chi connectivity index (χ3n) is 5.18. The number of nitrogens with zero attached hydrogens (tertiary/aromatic N) is 2. The number of rotatable bonds is 4. The van der Waals surface area contributed by atoms with Crippen molar-refractivity contribution in [3.05, 3.63) is 69.3 Å². The summed E-state index contributed by atoms with van der Waals surface area (Å²) in [5.41, 5.74) is 3.48. The molecule has 0 atom stereocenters. The molecule has 7 nitrogen and oxygen atoms in total. The number of nitrogens with one attached hydrogen (secondary N) is 1. The summed E-state index contributed by atoms with van der Waals surface area (Å²) in [6.07, 6.45) is 1.64. The maximum atomic E-state index is 12.5. The van der Waals surface area contributed by atoms with Crippen LogP contribution in [-0.4, -0.2) is 28.0 Å². The Morgan fingerprint density at radius 3 is 2.76 bits per heavy atom. The highest BCUT2D eigenvalue weighted by atomic mass is 16.5. The van der Waals surface area contributed by atoms with E-state index in [2.05, 4.69) is 10.3 Å². The molecule has 0 radical (unpaired) electrons. The summed E-state index contributed by atoms with van der Waals surface area (Å²) in [7, 11) is 0. The molecule has 0 fully saturated rings. The van der Waals surface area contributed by atoms with Crippen LogP contribution in [0.4, 0.5) is 5.69 Å². The van der Waals surface area contributed by atoms with Crippen molar-refractivity contribution in [1.29, 1.82) is 0 Å². The zero-order valence-electron chi connectivity index (χ0n) is 16.3. The second-order valence-corrected chi connectivity index (χ2v) is 7.24. The molecule has 0 saturated heterocycles. The summed E-state index contributed by atoms with van der Waals surface area (Å²) in [5, 5.41) is 3.18. The Morgan fingerprint density at radius 1 is 1.14 bits per heavy atom. The minimum atomic E-state index is -0.635. The molecule has 1 aromatic heterocycles. The number of amides is 1. The van der Waals surface area contributed by atoms with E-state index in [0.717, 1.165) is 29.8 Å². The van der Waals surface area contributed by atoms with Crippen molar-refractivity contribution < 1.29 is 14.3 Å². The number of esters is 1. The van der Waals surface area contributed by atoms with Gasteiger partial charge in [-0.25, -0.2) is 9.78 Å². The van der Waals surface area contributed by atoms with E-state index in [-0.39, 0.29) is 11.1 Å². The Hall–Kier alpha value is -3.48. The van der Waals surface area contributed by atoms with Crippen molar-refractivity contribution >= 4 is 28.5 Å². The van der Waals surface area contributed by atoms with E-state index in [1.54, 1.807) is 22.8 Å². The summed E-state index contributed by atoms with van der Waals surface area (Å²) in [6.45, 7) is 4.23. The lowest BCUT2D eigenvalue weighted by atomic mass is 10.1. The van der Waals surface area contributed by atoms with Crippen LogP contribution in [0.1, 0.15) is 33.7 Å². The second-order valence-electron chi connectivity index (χ2n) is 7.24. The molecule has 0 saturated carbocycles. The van der Waals surface area contributed by atoms with E-state index >= 15 is 0 Å². The third-order valence-corrected chi connectivity index (χ3v) is 5.18. The quantitative estimate of drug-likeness (QED) is 0.691. The van der Waals surface area contributed by atoms with Gasteiger partial charge < -0.3 is 10.1 Å². The van der Waals surface area contributed by atoms with Crippen molar-refractivity contribution in [2.45, 2.75) is 33.2 Å². The Kier molecular flexibility index (Phi) is 4.88. The van der Waals surface area contributed by atoms with E-state index in [1.165, 1.54) is 6.07 Å². The third kappa shape index (κ3) is 3.76. The van der Waals surface area contributed by atoms with Crippen LogP contribution in [0.15, 0.2) is 41.2 Å². The number of aromatic nitrogens is 2. The zero-order chi connectivity index (χ0) is 20.5. The van der Waals surface area contributed by atoms with E-state index in [0.29, 0.717) is 23.1 Å². The first-order valence-electron chi connectivity index (χ1n) is 9.50. The van der Waals surface area contributed by atoms with Gasteiger partial charge in [-0.15, -0.1) is 0 Å². The highest BCUT2D eigenvalue weighted by Gasteiger charge is 2.18. The number of hydrogen-bond donors (Lipinski definition) is 1. The summed E-state index contributed by atoms with van der Waals surface area (Å²) in [5.74, 6) is -0.318. The van der Waals surface area contributed by atoms with Gasteiger partial charge in [0.15, 0.2) is 6.61 Å². The number of carbonyl (C=O) groups excluding carboxylic acids is 2. The predicted octanol–water partition coefficient (Wildman–Crippen LogP) is 2.76. The molecule has 29 heavy (non-hydrogen) atoms. The first-order valence-corrected chi connectivity index (χ1v) is 9.50. The molecule has 4 rings (SSSR count). The average Bonchev–Trinajstić information content (AvgIpc) is 3.17. The fourth-order valence-electron chi connectivity index (χ4n) is 3.44. The van der Waals surface area contributed by atoms with Crippen LogP contribution in [0.25, 0.3) is 10.9 Å². The van der Waals surface area contributed by atoms with Crippen LogP contribution in [-0.2, 0) is 22.5 Å². The lowest BCUT2D eigenvalue weighted by molar-refractivity contribution is -0.119. The first kappa shape index (κ1) is 18.9. The SMILES string of the molecule is Cc1ccc(NC(=O)COC(=O)c2ccc3c(=O)n4c(nc3c2)CCC4)cc1C. The second kappa shape index (κ2) is 7.50. The van der Waals surface area contributed by atoms with Crippen LogP contribution in [0.3, 0.4) is 0 Å². The molecule has 0 unspecified atom stereocenters. The molecular formula is C22H21N3O4. The minimum absolute atomic E-state index is 0.0878. The number of benzene rings is 2. The van der Waals surface area contributed by atoms with Gasteiger partial charge in [-0.3, -0.25) is 14.2 Å². The number of anilines is 1. The molecule has 1 N–H and O–H groups in total. The fraction of sp³-hybridized carbons (Fsp3) is 0.273. The Labute approximate surface area is 167 Å². The van der Waals surface area contributed by atoms with E-state index in [9.17, 15) is 14.4 Å². The van der Waals surface area contributed by atoms with Crippen molar-refractivity contribution in [1.82, 2.24) is 9.55 Å². The van der Waals surface area contributed by atoms with Crippen LogP contribution < -0.4 is 10.9 Å². The van der Waals surface area contributed by atoms with Crippen molar-refractivity contribution in [3.8, 4) is 0 Å². The minimum Gasteiger partial charge on any atom is -0.452 e. The normalized spacial score (nSPS) is 12.6. The summed E-state index contributed by atoms with van der Waals surface area (Å²) in [4.78, 5) is 41.4. The van der Waals surface area contributed by atoms with Gasteiger partial charge in [-0.1, -0.05) is 6.07 Å². The van der Waals surface area contributed by atoms with Crippen molar-refractivity contribution in [2.75, 3.05) is 11.9 Å². The smallest absolute Gasteiger partial charge is 0.338 e. The maximum absolute atomic E-state index is 12.5. The molecular weight excluding hydrogens is 370 g/mol. The summed E-state index contributed by atoms with van der Waals surface area (Å²) < 4.78 is 6.80. The molecule has 1 amide bonds. The van der Waals surface area contributed by atoms with Crippen molar-refractivity contribution in [3.63, 3.8) is 0 Å². The summed E-state index contributed by atoms with van der Waals surface area (Å²) >= 11 is 0. The Bertz CT molecular complexity index is 1200. The first-order chi connectivity index (χ1) is 13.9. The molecule has 2 aromatic carbocycles. The zero-order valence-corrected chi connectivity index (χ0v) is 16.3. The molecule has 1 aliphatic heterocycles. The Balaban J connectivity index is 1.45. The highest BCUT2D eigenvalue weighted by molar-refractivity contribution is 5.97.